The molecule has 0 saturated heterocycles. The minimum absolute atomic E-state index is 0.0166. The Labute approximate surface area is 237 Å². The molecule has 0 bridgehead atoms. The molecule has 0 amide bonds. The highest BCUT2D eigenvalue weighted by Gasteiger charge is 2.09. The van der Waals surface area contributed by atoms with Crippen molar-refractivity contribution in [3.63, 3.8) is 0 Å². The Bertz CT molecular complexity index is 1840. The van der Waals surface area contributed by atoms with Crippen LogP contribution in [0.2, 0.25) is 0 Å². The Hall–Kier alpha value is -4.71. The van der Waals surface area contributed by atoms with E-state index in [1.165, 1.54) is 32.9 Å². The molecule has 3 aromatic heterocycles. The standard InChI is InChI=1S/C29H29N5O6S/c1-18-16-33(28(39)31-26(18)37)11-9-22(35)13-20-3-5-21(6-4-20)30-15-25-8-7-24(41-25)14-23(36)10-12-34-17-19(2)27(38)32-29(34)40/h3-8,15-17H,9-14H2,1-2H3,(H,31,37,39)(H,32,38,40). The second-order valence-electron chi connectivity index (χ2n) is 9.69. The van der Waals surface area contributed by atoms with E-state index in [-0.39, 0.29) is 50.3 Å². The lowest BCUT2D eigenvalue weighted by Crippen LogP contribution is -2.31. The Morgan fingerprint density at radius 1 is 0.780 bits per heavy atom. The number of aliphatic imine (C=N–C) groups is 1. The highest BCUT2D eigenvalue weighted by atomic mass is 32.1. The van der Waals surface area contributed by atoms with Crippen molar-refractivity contribution in [2.75, 3.05) is 0 Å². The van der Waals surface area contributed by atoms with Crippen LogP contribution < -0.4 is 22.5 Å². The van der Waals surface area contributed by atoms with E-state index in [4.69, 9.17) is 0 Å². The fourth-order valence-corrected chi connectivity index (χ4v) is 4.97. The van der Waals surface area contributed by atoms with Gasteiger partial charge in [-0.15, -0.1) is 11.3 Å². The molecule has 0 aliphatic rings. The zero-order valence-corrected chi connectivity index (χ0v) is 23.5. The van der Waals surface area contributed by atoms with E-state index in [0.717, 1.165) is 15.3 Å². The van der Waals surface area contributed by atoms with Crippen molar-refractivity contribution in [2.45, 2.75) is 52.6 Å². The fourth-order valence-electron chi connectivity index (χ4n) is 4.06. The van der Waals surface area contributed by atoms with Gasteiger partial charge in [0.05, 0.1) is 5.69 Å². The monoisotopic (exact) mass is 575 g/mol. The molecule has 0 spiro atoms. The highest BCUT2D eigenvalue weighted by Crippen LogP contribution is 2.19. The van der Waals surface area contributed by atoms with Gasteiger partial charge in [-0.1, -0.05) is 12.1 Å². The van der Waals surface area contributed by atoms with Crippen molar-refractivity contribution in [3.8, 4) is 0 Å². The first-order valence-electron chi connectivity index (χ1n) is 12.9. The smallest absolute Gasteiger partial charge is 0.300 e. The summed E-state index contributed by atoms with van der Waals surface area (Å²) in [5.41, 5.74) is 0.445. The molecule has 0 aliphatic heterocycles. The van der Waals surface area contributed by atoms with Crippen LogP contribution in [0.25, 0.3) is 0 Å². The lowest BCUT2D eigenvalue weighted by atomic mass is 10.1. The van der Waals surface area contributed by atoms with Crippen LogP contribution in [0.5, 0.6) is 0 Å². The largest absolute Gasteiger partial charge is 0.328 e. The average molecular weight is 576 g/mol. The third kappa shape index (κ3) is 8.15. The van der Waals surface area contributed by atoms with Gasteiger partial charge in [-0.25, -0.2) is 9.59 Å². The molecule has 0 unspecified atom stereocenters. The average Bonchev–Trinajstić information content (AvgIpc) is 3.38. The molecule has 41 heavy (non-hydrogen) atoms. The quantitative estimate of drug-likeness (QED) is 0.247. The number of carbonyl (C=O) groups excluding carboxylic acids is 2. The van der Waals surface area contributed by atoms with E-state index in [0.29, 0.717) is 16.8 Å². The lowest BCUT2D eigenvalue weighted by molar-refractivity contribution is -0.119. The zero-order valence-electron chi connectivity index (χ0n) is 22.6. The summed E-state index contributed by atoms with van der Waals surface area (Å²) in [5.74, 6) is -0.0457. The molecule has 0 fully saturated rings. The Kier molecular flexibility index (Phi) is 9.35. The van der Waals surface area contributed by atoms with Crippen molar-refractivity contribution >= 4 is 34.8 Å². The molecule has 0 radical (unpaired) electrons. The third-order valence-corrected chi connectivity index (χ3v) is 7.39. The normalized spacial score (nSPS) is 11.3. The fraction of sp³-hybridized carbons (Fsp3) is 0.276. The summed E-state index contributed by atoms with van der Waals surface area (Å²) in [4.78, 5) is 82.2. The minimum Gasteiger partial charge on any atom is -0.300 e. The van der Waals surface area contributed by atoms with Crippen LogP contribution in [0.4, 0.5) is 5.69 Å². The van der Waals surface area contributed by atoms with Gasteiger partial charge < -0.3 is 0 Å². The van der Waals surface area contributed by atoms with E-state index in [1.54, 1.807) is 20.1 Å². The summed E-state index contributed by atoms with van der Waals surface area (Å²) in [5, 5.41) is 0. The number of rotatable bonds is 12. The van der Waals surface area contributed by atoms with Crippen LogP contribution in [-0.4, -0.2) is 36.9 Å². The number of Topliss-reactive ketones (excluding diaryl/α,β-unsaturated/α-hetero) is 2. The summed E-state index contributed by atoms with van der Waals surface area (Å²) in [6.07, 6.45) is 5.43. The summed E-state index contributed by atoms with van der Waals surface area (Å²) < 4.78 is 2.66. The maximum Gasteiger partial charge on any atom is 0.328 e. The number of thiophene rings is 1. The first kappa shape index (κ1) is 29.3. The van der Waals surface area contributed by atoms with Gasteiger partial charge in [0.1, 0.15) is 11.6 Å². The summed E-state index contributed by atoms with van der Waals surface area (Å²) >= 11 is 1.45. The molecule has 2 N–H and O–H groups in total. The molecule has 0 atom stereocenters. The molecule has 4 rings (SSSR count). The maximum absolute atomic E-state index is 12.4. The van der Waals surface area contributed by atoms with Gasteiger partial charge in [-0.2, -0.15) is 0 Å². The number of carbonyl (C=O) groups is 2. The van der Waals surface area contributed by atoms with Crippen LogP contribution in [0.15, 0.2) is 73.0 Å². The number of hydrogen-bond donors (Lipinski definition) is 2. The van der Waals surface area contributed by atoms with Crippen molar-refractivity contribution in [3.05, 3.63) is 117 Å². The number of aromatic nitrogens is 4. The molecule has 11 nitrogen and oxygen atoms in total. The van der Waals surface area contributed by atoms with Gasteiger partial charge in [0, 0.05) is 78.3 Å². The van der Waals surface area contributed by atoms with Crippen molar-refractivity contribution in [1.82, 2.24) is 19.1 Å². The van der Waals surface area contributed by atoms with E-state index in [9.17, 15) is 28.8 Å². The molecule has 12 heteroatoms. The SMILES string of the molecule is Cc1cn(CCC(=O)Cc2ccc(N=Cc3ccc(CC(=O)CCn4cc(C)c(=O)[nH]c4=O)s3)cc2)c(=O)[nH]c1=O. The molecule has 1 aromatic carbocycles. The minimum atomic E-state index is -0.532. The number of nitrogens with one attached hydrogen (secondary N) is 2. The topological polar surface area (TPSA) is 156 Å². The van der Waals surface area contributed by atoms with Gasteiger partial charge in [0.25, 0.3) is 11.1 Å². The predicted molar refractivity (Wildman–Crippen MR) is 157 cm³/mol. The Morgan fingerprint density at radius 2 is 1.32 bits per heavy atom. The first-order valence-corrected chi connectivity index (χ1v) is 13.7. The third-order valence-electron chi connectivity index (χ3n) is 6.37. The number of benzene rings is 1. The van der Waals surface area contributed by atoms with Gasteiger partial charge in [-0.3, -0.25) is 43.3 Å². The highest BCUT2D eigenvalue weighted by molar-refractivity contribution is 7.13. The number of H-pyrrole nitrogens is 2. The number of nitrogens with zero attached hydrogens (tertiary/aromatic N) is 3. The molecular formula is C29H29N5O6S. The summed E-state index contributed by atoms with van der Waals surface area (Å²) in [6, 6.07) is 11.0. The summed E-state index contributed by atoms with van der Waals surface area (Å²) in [7, 11) is 0. The van der Waals surface area contributed by atoms with Crippen LogP contribution in [0.1, 0.15) is 39.3 Å². The first-order chi connectivity index (χ1) is 19.6. The molecular weight excluding hydrogens is 546 g/mol. The van der Waals surface area contributed by atoms with E-state index >= 15 is 0 Å². The van der Waals surface area contributed by atoms with E-state index in [1.807, 2.05) is 36.4 Å². The van der Waals surface area contributed by atoms with Gasteiger partial charge in [-0.05, 0) is 43.7 Å². The maximum atomic E-state index is 12.4. The number of hydrogen-bond acceptors (Lipinski definition) is 8. The number of aromatic amines is 2. The molecule has 212 valence electrons. The van der Waals surface area contributed by atoms with Crippen molar-refractivity contribution in [1.29, 1.82) is 0 Å². The van der Waals surface area contributed by atoms with Crippen LogP contribution in [-0.2, 0) is 35.5 Å². The van der Waals surface area contributed by atoms with Crippen LogP contribution in [0, 0.1) is 13.8 Å². The zero-order chi connectivity index (χ0) is 29.5. The van der Waals surface area contributed by atoms with Gasteiger partial charge in [0.2, 0.25) is 0 Å². The lowest BCUT2D eigenvalue weighted by Gasteiger charge is -2.06. The number of aryl methyl sites for hydroxylation is 4. The molecule has 3 heterocycles. The summed E-state index contributed by atoms with van der Waals surface area (Å²) in [6.45, 7) is 3.60. The Morgan fingerprint density at radius 3 is 1.88 bits per heavy atom. The van der Waals surface area contributed by atoms with Gasteiger partial charge in [0.15, 0.2) is 0 Å². The second-order valence-corrected chi connectivity index (χ2v) is 10.9. The number of ketones is 2. The predicted octanol–water partition coefficient (Wildman–Crippen LogP) is 2.22. The van der Waals surface area contributed by atoms with E-state index < -0.39 is 22.5 Å². The van der Waals surface area contributed by atoms with Crippen LogP contribution >= 0.6 is 11.3 Å². The Balaban J connectivity index is 1.25. The second kappa shape index (κ2) is 13.1. The van der Waals surface area contributed by atoms with Crippen molar-refractivity contribution < 1.29 is 9.59 Å². The molecule has 4 aromatic rings. The van der Waals surface area contributed by atoms with E-state index in [2.05, 4.69) is 15.0 Å². The molecule has 0 saturated carbocycles. The molecule has 0 aliphatic carbocycles. The van der Waals surface area contributed by atoms with Crippen LogP contribution in [0.3, 0.4) is 0 Å². The van der Waals surface area contributed by atoms with Crippen molar-refractivity contribution in [2.24, 2.45) is 4.99 Å². The van der Waals surface area contributed by atoms with Gasteiger partial charge >= 0.3 is 11.4 Å².